The van der Waals surface area contributed by atoms with Crippen LogP contribution in [-0.4, -0.2) is 28.8 Å². The van der Waals surface area contributed by atoms with Crippen LogP contribution in [0.25, 0.3) is 0 Å². The highest BCUT2D eigenvalue weighted by molar-refractivity contribution is 5.87. The quantitative estimate of drug-likeness (QED) is 0.638. The Morgan fingerprint density at radius 1 is 0.931 bits per heavy atom. The number of carbonyl (C=O) groups is 2. The third-order valence-corrected chi connectivity index (χ3v) is 5.33. The second-order valence-electron chi connectivity index (χ2n) is 7.73. The molecule has 2 aromatic carbocycles. The normalized spacial score (nSPS) is 12.8. The molecule has 1 N–H and O–H groups in total. The largest absolute Gasteiger partial charge is 0.352 e. The Kier molecular flexibility index (Phi) is 8.91. The Morgan fingerprint density at radius 2 is 1.59 bits per heavy atom. The zero-order valence-corrected chi connectivity index (χ0v) is 18.2. The smallest absolute Gasteiger partial charge is 0.243 e. The lowest BCUT2D eigenvalue weighted by atomic mass is 10.1. The second kappa shape index (κ2) is 11.4. The Hall–Kier alpha value is -2.62. The molecule has 0 unspecified atom stereocenters. The summed E-state index contributed by atoms with van der Waals surface area (Å²) in [7, 11) is 0. The molecule has 0 aliphatic rings. The molecule has 0 saturated carbocycles. The zero-order chi connectivity index (χ0) is 21.2. The van der Waals surface area contributed by atoms with Crippen LogP contribution in [0, 0.1) is 6.92 Å². The van der Waals surface area contributed by atoms with Gasteiger partial charge in [0.15, 0.2) is 0 Å². The molecule has 0 fully saturated rings. The van der Waals surface area contributed by atoms with Gasteiger partial charge in [0.25, 0.3) is 0 Å². The van der Waals surface area contributed by atoms with Gasteiger partial charge in [0.05, 0.1) is 0 Å². The lowest BCUT2D eigenvalue weighted by Crippen LogP contribution is -2.50. The highest BCUT2D eigenvalue weighted by Gasteiger charge is 2.28. The summed E-state index contributed by atoms with van der Waals surface area (Å²) in [6.07, 6.45) is 2.52. The summed E-state index contributed by atoms with van der Waals surface area (Å²) >= 11 is 0. The molecular weight excluding hydrogens is 360 g/mol. The monoisotopic (exact) mass is 394 g/mol. The van der Waals surface area contributed by atoms with E-state index < -0.39 is 6.04 Å². The van der Waals surface area contributed by atoms with E-state index in [1.54, 1.807) is 4.90 Å². The predicted octanol–water partition coefficient (Wildman–Crippen LogP) is 4.65. The number of hydrogen-bond acceptors (Lipinski definition) is 2. The maximum Gasteiger partial charge on any atom is 0.243 e. The third-order valence-electron chi connectivity index (χ3n) is 5.33. The van der Waals surface area contributed by atoms with E-state index in [0.29, 0.717) is 25.8 Å². The van der Waals surface area contributed by atoms with Crippen molar-refractivity contribution in [3.05, 3.63) is 71.3 Å². The van der Waals surface area contributed by atoms with Crippen LogP contribution in [0.15, 0.2) is 54.6 Å². The van der Waals surface area contributed by atoms with Gasteiger partial charge in [-0.05, 0) is 44.2 Å². The molecular formula is C25H34N2O2. The molecule has 29 heavy (non-hydrogen) atoms. The summed E-state index contributed by atoms with van der Waals surface area (Å²) in [6.45, 7) is 8.49. The van der Waals surface area contributed by atoms with Crippen LogP contribution in [0.2, 0.25) is 0 Å². The molecule has 0 radical (unpaired) electrons. The summed E-state index contributed by atoms with van der Waals surface area (Å²) < 4.78 is 0. The van der Waals surface area contributed by atoms with Crippen molar-refractivity contribution in [2.75, 3.05) is 0 Å². The Bertz CT molecular complexity index is 771. The minimum atomic E-state index is -0.464. The van der Waals surface area contributed by atoms with Crippen LogP contribution < -0.4 is 5.32 Å². The lowest BCUT2D eigenvalue weighted by molar-refractivity contribution is -0.141. The SMILES string of the molecule is CC[C@H](C)NC(=O)[C@H](CC)N(Cc1ccc(C)cc1)C(=O)CCc1ccccc1. The van der Waals surface area contributed by atoms with Crippen molar-refractivity contribution in [1.29, 1.82) is 0 Å². The van der Waals surface area contributed by atoms with Crippen LogP contribution >= 0.6 is 0 Å². The lowest BCUT2D eigenvalue weighted by Gasteiger charge is -2.31. The molecule has 0 spiro atoms. The number of hydrogen-bond donors (Lipinski definition) is 1. The summed E-state index contributed by atoms with van der Waals surface area (Å²) in [4.78, 5) is 27.9. The standard InChI is InChI=1S/C25H34N2O2/c1-5-20(4)26-25(29)23(6-2)27(18-22-14-12-19(3)13-15-22)24(28)17-16-21-10-8-7-9-11-21/h7-15,20,23H,5-6,16-18H2,1-4H3,(H,26,29)/t20-,23-/m0/s1. The summed E-state index contributed by atoms with van der Waals surface area (Å²) in [6, 6.07) is 17.8. The fourth-order valence-electron chi connectivity index (χ4n) is 3.29. The predicted molar refractivity (Wildman–Crippen MR) is 118 cm³/mol. The summed E-state index contributed by atoms with van der Waals surface area (Å²) in [5.74, 6) is -0.0531. The number of nitrogens with zero attached hydrogens (tertiary/aromatic N) is 1. The molecule has 4 nitrogen and oxygen atoms in total. The number of rotatable bonds is 10. The molecule has 0 saturated heterocycles. The van der Waals surface area contributed by atoms with Gasteiger partial charge in [-0.1, -0.05) is 74.0 Å². The fourth-order valence-corrected chi connectivity index (χ4v) is 3.29. The van der Waals surface area contributed by atoms with E-state index in [2.05, 4.69) is 5.32 Å². The molecule has 0 heterocycles. The maximum absolute atomic E-state index is 13.2. The van der Waals surface area contributed by atoms with E-state index in [4.69, 9.17) is 0 Å². The molecule has 2 amide bonds. The molecule has 0 bridgehead atoms. The van der Waals surface area contributed by atoms with Crippen LogP contribution in [0.3, 0.4) is 0 Å². The average Bonchev–Trinajstić information content (AvgIpc) is 2.73. The number of aryl methyl sites for hydroxylation is 2. The highest BCUT2D eigenvalue weighted by atomic mass is 16.2. The van der Waals surface area contributed by atoms with Crippen LogP contribution in [0.5, 0.6) is 0 Å². The Morgan fingerprint density at radius 3 is 2.17 bits per heavy atom. The van der Waals surface area contributed by atoms with Gasteiger partial charge in [-0.3, -0.25) is 9.59 Å². The average molecular weight is 395 g/mol. The minimum absolute atomic E-state index is 0.0144. The number of carbonyl (C=O) groups excluding carboxylic acids is 2. The van der Waals surface area contributed by atoms with E-state index in [1.807, 2.05) is 82.3 Å². The van der Waals surface area contributed by atoms with Gasteiger partial charge in [-0.25, -0.2) is 0 Å². The van der Waals surface area contributed by atoms with Gasteiger partial charge >= 0.3 is 0 Å². The molecule has 2 atom stereocenters. The van der Waals surface area contributed by atoms with Gasteiger partial charge in [0.1, 0.15) is 6.04 Å². The van der Waals surface area contributed by atoms with Crippen molar-refractivity contribution in [2.24, 2.45) is 0 Å². The molecule has 0 aliphatic heterocycles. The molecule has 156 valence electrons. The summed E-state index contributed by atoms with van der Waals surface area (Å²) in [5, 5.41) is 3.05. The van der Waals surface area contributed by atoms with Crippen LogP contribution in [0.1, 0.15) is 56.7 Å². The first-order valence-electron chi connectivity index (χ1n) is 10.6. The zero-order valence-electron chi connectivity index (χ0n) is 18.2. The summed E-state index contributed by atoms with van der Waals surface area (Å²) in [5.41, 5.74) is 3.35. The van der Waals surface area contributed by atoms with Gasteiger partial charge in [-0.2, -0.15) is 0 Å². The highest BCUT2D eigenvalue weighted by Crippen LogP contribution is 2.16. The topological polar surface area (TPSA) is 49.4 Å². The number of amides is 2. The molecule has 2 rings (SSSR count). The van der Waals surface area contributed by atoms with Gasteiger partial charge in [-0.15, -0.1) is 0 Å². The molecule has 2 aromatic rings. The Balaban J connectivity index is 2.19. The van der Waals surface area contributed by atoms with Crippen LogP contribution in [-0.2, 0) is 22.6 Å². The van der Waals surface area contributed by atoms with E-state index in [1.165, 1.54) is 5.56 Å². The van der Waals surface area contributed by atoms with Crippen molar-refractivity contribution >= 4 is 11.8 Å². The molecule has 4 heteroatoms. The Labute approximate surface area is 175 Å². The van der Waals surface area contributed by atoms with Gasteiger partial charge < -0.3 is 10.2 Å². The maximum atomic E-state index is 13.2. The van der Waals surface area contributed by atoms with Crippen molar-refractivity contribution in [1.82, 2.24) is 10.2 Å². The number of benzene rings is 2. The van der Waals surface area contributed by atoms with E-state index in [-0.39, 0.29) is 17.9 Å². The van der Waals surface area contributed by atoms with Crippen molar-refractivity contribution in [2.45, 2.75) is 72.0 Å². The first-order valence-corrected chi connectivity index (χ1v) is 10.6. The van der Waals surface area contributed by atoms with Crippen molar-refractivity contribution < 1.29 is 9.59 Å². The van der Waals surface area contributed by atoms with E-state index in [0.717, 1.165) is 17.5 Å². The molecule has 0 aromatic heterocycles. The van der Waals surface area contributed by atoms with E-state index in [9.17, 15) is 9.59 Å². The van der Waals surface area contributed by atoms with Gasteiger partial charge in [0, 0.05) is 19.0 Å². The van der Waals surface area contributed by atoms with E-state index >= 15 is 0 Å². The fraction of sp³-hybridized carbons (Fsp3) is 0.440. The second-order valence-corrected chi connectivity index (χ2v) is 7.73. The number of nitrogens with one attached hydrogen (secondary N) is 1. The first-order chi connectivity index (χ1) is 13.9. The van der Waals surface area contributed by atoms with Crippen LogP contribution in [0.4, 0.5) is 0 Å². The van der Waals surface area contributed by atoms with Crippen molar-refractivity contribution in [3.63, 3.8) is 0 Å². The molecule has 0 aliphatic carbocycles. The van der Waals surface area contributed by atoms with Gasteiger partial charge in [0.2, 0.25) is 11.8 Å². The first kappa shape index (κ1) is 22.7. The minimum Gasteiger partial charge on any atom is -0.352 e. The third kappa shape index (κ3) is 7.04. The van der Waals surface area contributed by atoms with Crippen molar-refractivity contribution in [3.8, 4) is 0 Å².